The van der Waals surface area contributed by atoms with Crippen LogP contribution in [-0.4, -0.2) is 16.4 Å². The fraction of sp³-hybridized carbons (Fsp3) is 0. The van der Waals surface area contributed by atoms with Gasteiger partial charge in [0.15, 0.2) is 0 Å². The van der Waals surface area contributed by atoms with Crippen molar-refractivity contribution in [3.05, 3.63) is 24.1 Å². The Hall–Kier alpha value is -1.45. The van der Waals surface area contributed by atoms with Gasteiger partial charge < -0.3 is 0 Å². The van der Waals surface area contributed by atoms with E-state index in [4.69, 9.17) is 5.41 Å². The molecule has 0 unspecified atom stereocenters. The Morgan fingerprint density at radius 1 is 1.78 bits per heavy atom. The Morgan fingerprint density at radius 2 is 2.56 bits per heavy atom. The Labute approximate surface area is 52.0 Å². The van der Waals surface area contributed by atoms with Crippen LogP contribution in [0.15, 0.2) is 23.6 Å². The second-order valence-electron chi connectivity index (χ2n) is 1.43. The summed E-state index contributed by atoms with van der Waals surface area (Å²) in [6.07, 6.45) is 3.15. The normalized spacial score (nSPS) is 8.89. The summed E-state index contributed by atoms with van der Waals surface area (Å²) in [5, 5.41) is 10.6. The van der Waals surface area contributed by atoms with Gasteiger partial charge in [0.1, 0.15) is 0 Å². The highest BCUT2D eigenvalue weighted by Crippen LogP contribution is 1.73. The zero-order valence-corrected chi connectivity index (χ0v) is 4.78. The van der Waals surface area contributed by atoms with E-state index in [1.54, 1.807) is 12.3 Å². The van der Waals surface area contributed by atoms with Crippen molar-refractivity contribution in [1.82, 2.24) is 9.66 Å². The molecule has 0 saturated heterocycles. The first-order valence-electron chi connectivity index (χ1n) is 2.40. The van der Waals surface area contributed by atoms with Crippen molar-refractivity contribution in [2.45, 2.75) is 0 Å². The maximum Gasteiger partial charge on any atom is 0.242 e. The van der Waals surface area contributed by atoms with Crippen LogP contribution >= 0.6 is 0 Å². The summed E-state index contributed by atoms with van der Waals surface area (Å²) in [6, 6.07) is 1.69. The fourth-order valence-electron chi connectivity index (χ4n) is 0.478. The van der Waals surface area contributed by atoms with Crippen molar-refractivity contribution in [3.8, 4) is 0 Å². The summed E-state index contributed by atoms with van der Waals surface area (Å²) in [5.41, 5.74) is 0.0903. The molecule has 4 nitrogen and oxygen atoms in total. The molecular weight excluding hydrogens is 116 g/mol. The van der Waals surface area contributed by atoms with E-state index in [0.717, 1.165) is 0 Å². The zero-order chi connectivity index (χ0) is 6.69. The van der Waals surface area contributed by atoms with Gasteiger partial charge in [-0.3, -0.25) is 5.41 Å². The van der Waals surface area contributed by atoms with Gasteiger partial charge >= 0.3 is 0 Å². The predicted octanol–water partition coefficient (Wildman–Crippen LogP) is -0.174. The van der Waals surface area contributed by atoms with Gasteiger partial charge in [0.05, 0.1) is 0 Å². The zero-order valence-electron chi connectivity index (χ0n) is 4.78. The van der Waals surface area contributed by atoms with Crippen molar-refractivity contribution in [3.63, 3.8) is 0 Å². The average Bonchev–Trinajstić information content (AvgIpc) is 1.89. The number of nitrogens with one attached hydrogen (secondary N) is 1. The molecule has 0 bridgehead atoms. The summed E-state index contributed by atoms with van der Waals surface area (Å²) in [7, 11) is 0. The van der Waals surface area contributed by atoms with Crippen molar-refractivity contribution in [2.24, 2.45) is 5.10 Å². The quantitative estimate of drug-likeness (QED) is 0.516. The van der Waals surface area contributed by atoms with Crippen LogP contribution in [0.5, 0.6) is 0 Å². The fourth-order valence-corrected chi connectivity index (χ4v) is 0.478. The number of nitrogens with zero attached hydrogens (tertiary/aromatic N) is 3. The molecule has 1 aromatic rings. The van der Waals surface area contributed by atoms with Crippen LogP contribution < -0.4 is 5.62 Å². The predicted molar refractivity (Wildman–Crippen MR) is 33.0 cm³/mol. The third-order valence-electron chi connectivity index (χ3n) is 0.880. The van der Waals surface area contributed by atoms with E-state index in [9.17, 15) is 0 Å². The SMILES string of the molecule is C=Nn1cccnc1=N. The van der Waals surface area contributed by atoms with Gasteiger partial charge in [0, 0.05) is 19.1 Å². The number of hydrogen-bond donors (Lipinski definition) is 1. The number of aromatic nitrogens is 2. The van der Waals surface area contributed by atoms with Gasteiger partial charge in [-0.25, -0.2) is 9.66 Å². The lowest BCUT2D eigenvalue weighted by molar-refractivity contribution is 0.746. The molecular formula is C5H6N4. The van der Waals surface area contributed by atoms with Gasteiger partial charge in [-0.1, -0.05) is 0 Å². The molecule has 0 aliphatic carbocycles. The average molecular weight is 122 g/mol. The molecule has 0 aromatic carbocycles. The topological polar surface area (TPSA) is 54.0 Å². The highest BCUT2D eigenvalue weighted by molar-refractivity contribution is 5.22. The van der Waals surface area contributed by atoms with Crippen LogP contribution in [0.4, 0.5) is 0 Å². The molecule has 46 valence electrons. The largest absolute Gasteiger partial charge is 0.265 e. The molecule has 1 N–H and O–H groups in total. The minimum absolute atomic E-state index is 0.0903. The molecule has 0 atom stereocenters. The summed E-state index contributed by atoms with van der Waals surface area (Å²) in [4.78, 5) is 3.65. The first-order chi connectivity index (χ1) is 4.34. The van der Waals surface area contributed by atoms with E-state index in [0.29, 0.717) is 0 Å². The Morgan fingerprint density at radius 3 is 3.00 bits per heavy atom. The third kappa shape index (κ3) is 1.02. The second kappa shape index (κ2) is 2.21. The van der Waals surface area contributed by atoms with Gasteiger partial charge in [-0.2, -0.15) is 5.10 Å². The monoisotopic (exact) mass is 122 g/mol. The number of hydrogen-bond acceptors (Lipinski definition) is 3. The minimum atomic E-state index is 0.0903. The van der Waals surface area contributed by atoms with Crippen molar-refractivity contribution >= 4 is 6.72 Å². The first-order valence-corrected chi connectivity index (χ1v) is 2.40. The molecule has 0 amide bonds. The molecule has 1 aromatic heterocycles. The maximum absolute atomic E-state index is 7.09. The second-order valence-corrected chi connectivity index (χ2v) is 1.43. The summed E-state index contributed by atoms with van der Waals surface area (Å²) >= 11 is 0. The molecule has 0 aliphatic rings. The highest BCUT2D eigenvalue weighted by Gasteiger charge is 1.81. The lowest BCUT2D eigenvalue weighted by atomic mass is 10.7. The van der Waals surface area contributed by atoms with Crippen molar-refractivity contribution < 1.29 is 0 Å². The summed E-state index contributed by atoms with van der Waals surface area (Å²) in [5.74, 6) is 0. The van der Waals surface area contributed by atoms with Gasteiger partial charge in [-0.15, -0.1) is 0 Å². The molecule has 0 spiro atoms. The maximum atomic E-state index is 7.09. The molecule has 0 radical (unpaired) electrons. The molecule has 4 heteroatoms. The summed E-state index contributed by atoms with van der Waals surface area (Å²) in [6.45, 7) is 3.24. The minimum Gasteiger partial charge on any atom is -0.265 e. The number of rotatable bonds is 1. The van der Waals surface area contributed by atoms with Gasteiger partial charge in [0.2, 0.25) is 5.62 Å². The smallest absolute Gasteiger partial charge is 0.242 e. The molecule has 0 aliphatic heterocycles. The van der Waals surface area contributed by atoms with Crippen LogP contribution in [0.3, 0.4) is 0 Å². The van der Waals surface area contributed by atoms with Crippen LogP contribution in [0.2, 0.25) is 0 Å². The van der Waals surface area contributed by atoms with E-state index in [-0.39, 0.29) is 5.62 Å². The van der Waals surface area contributed by atoms with E-state index < -0.39 is 0 Å². The summed E-state index contributed by atoms with van der Waals surface area (Å²) < 4.78 is 1.28. The molecule has 9 heavy (non-hydrogen) atoms. The Balaban J connectivity index is 3.32. The van der Waals surface area contributed by atoms with Gasteiger partial charge in [0.25, 0.3) is 0 Å². The molecule has 0 fully saturated rings. The van der Waals surface area contributed by atoms with Crippen LogP contribution in [0.25, 0.3) is 0 Å². The van der Waals surface area contributed by atoms with E-state index >= 15 is 0 Å². The van der Waals surface area contributed by atoms with Crippen LogP contribution in [0, 0.1) is 5.41 Å². The van der Waals surface area contributed by atoms with E-state index in [1.807, 2.05) is 0 Å². The molecule has 1 rings (SSSR count). The van der Waals surface area contributed by atoms with E-state index in [1.165, 1.54) is 10.9 Å². The van der Waals surface area contributed by atoms with Crippen LogP contribution in [-0.2, 0) is 0 Å². The standard InChI is InChI=1S/C5H6N4/c1-7-9-4-2-3-8-5(9)6/h2-4,6H,1H2. The highest BCUT2D eigenvalue weighted by atomic mass is 15.4. The molecule has 1 heterocycles. The van der Waals surface area contributed by atoms with Crippen molar-refractivity contribution in [1.29, 1.82) is 5.41 Å². The van der Waals surface area contributed by atoms with Crippen LogP contribution in [0.1, 0.15) is 0 Å². The van der Waals surface area contributed by atoms with Gasteiger partial charge in [-0.05, 0) is 6.07 Å². The van der Waals surface area contributed by atoms with Crippen molar-refractivity contribution in [2.75, 3.05) is 0 Å². The Bertz CT molecular complexity index is 262. The lowest BCUT2D eigenvalue weighted by Crippen LogP contribution is -2.17. The van der Waals surface area contributed by atoms with E-state index in [2.05, 4.69) is 16.8 Å². The third-order valence-corrected chi connectivity index (χ3v) is 0.880. The first kappa shape index (κ1) is 5.68. The Kier molecular flexibility index (Phi) is 1.40. The molecule has 0 saturated carbocycles. The lowest BCUT2D eigenvalue weighted by Gasteiger charge is -1.91.